The molecule has 0 N–H and O–H groups in total. The summed E-state index contributed by atoms with van der Waals surface area (Å²) in [5, 5.41) is 0. The van der Waals surface area contributed by atoms with Gasteiger partial charge in [-0.15, -0.1) is 0 Å². The van der Waals surface area contributed by atoms with Crippen LogP contribution in [0, 0.1) is 0 Å². The van der Waals surface area contributed by atoms with Crippen LogP contribution in [-0.2, 0) is 4.74 Å². The van der Waals surface area contributed by atoms with Crippen molar-refractivity contribution in [3.63, 3.8) is 0 Å². The molecule has 0 saturated carbocycles. The van der Waals surface area contributed by atoms with E-state index in [9.17, 15) is 4.79 Å². The predicted octanol–water partition coefficient (Wildman–Crippen LogP) is 2.17. The average molecular weight is 205 g/mol. The molecular formula is C11H11NO3. The summed E-state index contributed by atoms with van der Waals surface area (Å²) < 4.78 is 9.87. The van der Waals surface area contributed by atoms with Gasteiger partial charge in [-0.05, 0) is 24.3 Å². The summed E-state index contributed by atoms with van der Waals surface area (Å²) in [6.45, 7) is 4.01. The van der Waals surface area contributed by atoms with Crippen LogP contribution in [0.5, 0.6) is 5.75 Å². The number of amides is 1. The van der Waals surface area contributed by atoms with E-state index in [1.54, 1.807) is 31.4 Å². The highest BCUT2D eigenvalue weighted by Gasteiger charge is 2.26. The van der Waals surface area contributed by atoms with Crippen molar-refractivity contribution in [2.24, 2.45) is 0 Å². The summed E-state index contributed by atoms with van der Waals surface area (Å²) >= 11 is 0. The van der Waals surface area contributed by atoms with Crippen LogP contribution in [0.1, 0.15) is 0 Å². The second-order valence-electron chi connectivity index (χ2n) is 3.19. The number of methoxy groups -OCH3 is 1. The van der Waals surface area contributed by atoms with E-state index in [1.165, 1.54) is 4.90 Å². The van der Waals surface area contributed by atoms with Gasteiger partial charge < -0.3 is 9.47 Å². The number of benzene rings is 1. The Morgan fingerprint density at radius 2 is 2.07 bits per heavy atom. The summed E-state index contributed by atoms with van der Waals surface area (Å²) in [4.78, 5) is 12.9. The molecule has 1 saturated heterocycles. The minimum Gasteiger partial charge on any atom is -0.497 e. The lowest BCUT2D eigenvalue weighted by Gasteiger charge is -2.12. The van der Waals surface area contributed by atoms with Crippen LogP contribution in [0.4, 0.5) is 10.5 Å². The zero-order valence-electron chi connectivity index (χ0n) is 8.40. The van der Waals surface area contributed by atoms with Crippen molar-refractivity contribution in [1.82, 2.24) is 0 Å². The number of hydrogen-bond donors (Lipinski definition) is 0. The highest BCUT2D eigenvalue weighted by molar-refractivity contribution is 5.91. The molecular weight excluding hydrogens is 194 g/mol. The molecule has 2 rings (SSSR count). The van der Waals surface area contributed by atoms with Gasteiger partial charge in [0.2, 0.25) is 0 Å². The van der Waals surface area contributed by atoms with Gasteiger partial charge in [-0.25, -0.2) is 4.79 Å². The standard InChI is InChI=1S/C11H11NO3/c1-8-7-12(11(13)15-8)9-3-5-10(14-2)6-4-9/h3-6H,1,7H2,2H3. The van der Waals surface area contributed by atoms with E-state index in [1.807, 2.05) is 0 Å². The van der Waals surface area contributed by atoms with Crippen molar-refractivity contribution in [3.05, 3.63) is 36.6 Å². The SMILES string of the molecule is C=C1CN(c2ccc(OC)cc2)C(=O)O1. The lowest BCUT2D eigenvalue weighted by Crippen LogP contribution is -2.22. The third-order valence-electron chi connectivity index (χ3n) is 2.17. The fourth-order valence-corrected chi connectivity index (χ4v) is 1.41. The molecule has 0 aromatic heterocycles. The van der Waals surface area contributed by atoms with Crippen molar-refractivity contribution >= 4 is 11.8 Å². The maximum atomic E-state index is 11.4. The Morgan fingerprint density at radius 1 is 1.40 bits per heavy atom. The lowest BCUT2D eigenvalue weighted by molar-refractivity contribution is 0.199. The van der Waals surface area contributed by atoms with Crippen LogP contribution in [0.25, 0.3) is 0 Å². The molecule has 1 aromatic carbocycles. The molecule has 15 heavy (non-hydrogen) atoms. The highest BCUT2D eigenvalue weighted by Crippen LogP contribution is 2.24. The molecule has 0 spiro atoms. The van der Waals surface area contributed by atoms with Gasteiger partial charge in [0.05, 0.1) is 13.7 Å². The molecule has 0 bridgehead atoms. The van der Waals surface area contributed by atoms with Gasteiger partial charge in [-0.2, -0.15) is 0 Å². The molecule has 0 radical (unpaired) electrons. The predicted molar refractivity (Wildman–Crippen MR) is 56.0 cm³/mol. The molecule has 0 unspecified atom stereocenters. The Labute approximate surface area is 87.7 Å². The van der Waals surface area contributed by atoms with Crippen LogP contribution < -0.4 is 9.64 Å². The van der Waals surface area contributed by atoms with Gasteiger partial charge in [-0.3, -0.25) is 4.90 Å². The number of anilines is 1. The van der Waals surface area contributed by atoms with Gasteiger partial charge in [0.1, 0.15) is 11.5 Å². The summed E-state index contributed by atoms with van der Waals surface area (Å²) in [6.07, 6.45) is -0.384. The summed E-state index contributed by atoms with van der Waals surface area (Å²) in [6, 6.07) is 7.20. The van der Waals surface area contributed by atoms with E-state index in [0.29, 0.717) is 12.3 Å². The zero-order chi connectivity index (χ0) is 10.8. The van der Waals surface area contributed by atoms with E-state index in [0.717, 1.165) is 11.4 Å². The van der Waals surface area contributed by atoms with E-state index in [2.05, 4.69) is 6.58 Å². The minimum atomic E-state index is -0.384. The molecule has 1 heterocycles. The zero-order valence-corrected chi connectivity index (χ0v) is 8.40. The molecule has 1 aromatic rings. The summed E-state index contributed by atoms with van der Waals surface area (Å²) in [5.74, 6) is 1.22. The van der Waals surface area contributed by atoms with E-state index in [-0.39, 0.29) is 6.09 Å². The highest BCUT2D eigenvalue weighted by atomic mass is 16.6. The smallest absolute Gasteiger partial charge is 0.419 e. The Morgan fingerprint density at radius 3 is 2.53 bits per heavy atom. The minimum absolute atomic E-state index is 0.384. The van der Waals surface area contributed by atoms with Gasteiger partial charge in [-0.1, -0.05) is 6.58 Å². The van der Waals surface area contributed by atoms with Crippen LogP contribution >= 0.6 is 0 Å². The molecule has 4 heteroatoms. The Hall–Kier alpha value is -1.97. The Bertz CT molecular complexity index is 397. The van der Waals surface area contributed by atoms with E-state index >= 15 is 0 Å². The van der Waals surface area contributed by atoms with Gasteiger partial charge in [0.25, 0.3) is 0 Å². The average Bonchev–Trinajstić information content (AvgIpc) is 2.58. The fraction of sp³-hybridized carbons (Fsp3) is 0.182. The number of carbonyl (C=O) groups is 1. The lowest BCUT2D eigenvalue weighted by atomic mass is 10.3. The fourth-order valence-electron chi connectivity index (χ4n) is 1.41. The first-order chi connectivity index (χ1) is 7.20. The van der Waals surface area contributed by atoms with Crippen molar-refractivity contribution in [2.45, 2.75) is 0 Å². The normalized spacial score (nSPS) is 15.4. The van der Waals surface area contributed by atoms with Crippen LogP contribution in [-0.4, -0.2) is 19.7 Å². The molecule has 1 aliphatic heterocycles. The first kappa shape index (κ1) is 9.58. The van der Waals surface area contributed by atoms with Crippen LogP contribution in [0.2, 0.25) is 0 Å². The van der Waals surface area contributed by atoms with Crippen molar-refractivity contribution in [2.75, 3.05) is 18.6 Å². The molecule has 0 aliphatic carbocycles. The molecule has 1 amide bonds. The maximum Gasteiger partial charge on any atom is 0.419 e. The van der Waals surface area contributed by atoms with Gasteiger partial charge in [0, 0.05) is 5.69 Å². The molecule has 1 aliphatic rings. The summed E-state index contributed by atoms with van der Waals surface area (Å²) in [5.41, 5.74) is 0.777. The van der Waals surface area contributed by atoms with Gasteiger partial charge in [0.15, 0.2) is 0 Å². The third-order valence-corrected chi connectivity index (χ3v) is 2.17. The number of nitrogens with zero attached hydrogens (tertiary/aromatic N) is 1. The van der Waals surface area contributed by atoms with Crippen molar-refractivity contribution < 1.29 is 14.3 Å². The van der Waals surface area contributed by atoms with Crippen LogP contribution in [0.15, 0.2) is 36.6 Å². The second-order valence-corrected chi connectivity index (χ2v) is 3.19. The molecule has 1 fully saturated rings. The van der Waals surface area contributed by atoms with Crippen molar-refractivity contribution in [1.29, 1.82) is 0 Å². The number of cyclic esters (lactones) is 1. The maximum absolute atomic E-state index is 11.4. The molecule has 78 valence electrons. The first-order valence-corrected chi connectivity index (χ1v) is 4.52. The molecule has 4 nitrogen and oxygen atoms in total. The quantitative estimate of drug-likeness (QED) is 0.742. The monoisotopic (exact) mass is 205 g/mol. The van der Waals surface area contributed by atoms with Crippen molar-refractivity contribution in [3.8, 4) is 5.75 Å². The summed E-state index contributed by atoms with van der Waals surface area (Å²) in [7, 11) is 1.60. The first-order valence-electron chi connectivity index (χ1n) is 4.52. The topological polar surface area (TPSA) is 38.8 Å². The third kappa shape index (κ3) is 1.79. The Kier molecular flexibility index (Phi) is 2.33. The number of carbonyl (C=O) groups excluding carboxylic acids is 1. The van der Waals surface area contributed by atoms with Crippen LogP contribution in [0.3, 0.4) is 0 Å². The number of ether oxygens (including phenoxy) is 2. The number of hydrogen-bond acceptors (Lipinski definition) is 3. The van der Waals surface area contributed by atoms with Gasteiger partial charge >= 0.3 is 6.09 Å². The molecule has 0 atom stereocenters. The Balaban J connectivity index is 2.22. The second kappa shape index (κ2) is 3.65. The number of rotatable bonds is 2. The largest absolute Gasteiger partial charge is 0.497 e. The van der Waals surface area contributed by atoms with E-state index < -0.39 is 0 Å². The van der Waals surface area contributed by atoms with E-state index in [4.69, 9.17) is 9.47 Å².